The zero-order valence-electron chi connectivity index (χ0n) is 9.84. The Morgan fingerprint density at radius 2 is 2.29 bits per heavy atom. The average Bonchev–Trinajstić information content (AvgIpc) is 2.09. The molecule has 0 bridgehead atoms. The Kier molecular flexibility index (Phi) is 4.35. The number of rotatable bonds is 4. The molecule has 0 spiro atoms. The van der Waals surface area contributed by atoms with E-state index in [2.05, 4.69) is 45.2 Å². The van der Waals surface area contributed by atoms with Gasteiger partial charge in [-0.05, 0) is 20.3 Å². The average molecular weight is 226 g/mol. The fraction of sp³-hybridized carbons (Fsp3) is 0.636. The van der Waals surface area contributed by atoms with Crippen molar-refractivity contribution in [2.24, 2.45) is 0 Å². The molecule has 0 fully saturated rings. The highest BCUT2D eigenvalue weighted by Crippen LogP contribution is 2.24. The first kappa shape index (κ1) is 11.9. The monoisotopic (exact) mass is 226 g/mol. The molecule has 1 aliphatic carbocycles. The third-order valence-electron chi connectivity index (χ3n) is 2.54. The van der Waals surface area contributed by atoms with Gasteiger partial charge in [-0.15, -0.1) is 0 Å². The number of hydrogen-bond donors (Lipinski definition) is 0. The Labute approximate surface area is 91.5 Å². The molecule has 0 aliphatic heterocycles. The van der Waals surface area contributed by atoms with Crippen molar-refractivity contribution in [3.05, 3.63) is 23.4 Å². The maximum absolute atomic E-state index is 5.72. The molecule has 0 radical (unpaired) electrons. The quantitative estimate of drug-likeness (QED) is 0.664. The van der Waals surface area contributed by atoms with Gasteiger partial charge in [-0.2, -0.15) is 0 Å². The summed E-state index contributed by atoms with van der Waals surface area (Å²) in [7, 11) is -0.229. The van der Waals surface area contributed by atoms with E-state index in [1.807, 2.05) is 0 Å². The summed E-state index contributed by atoms with van der Waals surface area (Å²) < 4.78 is 5.72. The lowest BCUT2D eigenvalue weighted by molar-refractivity contribution is 0.0152. The highest BCUT2D eigenvalue weighted by Gasteiger charge is 2.22. The third kappa shape index (κ3) is 3.55. The summed E-state index contributed by atoms with van der Waals surface area (Å²) in [6.45, 7) is 9.96. The topological polar surface area (TPSA) is 9.23 Å². The predicted octanol–water partition coefficient (Wildman–Crippen LogP) is 1.78. The Balaban J connectivity index is 2.52. The minimum Gasteiger partial charge on any atom is -0.371 e. The molecule has 1 unspecified atom stereocenters. The van der Waals surface area contributed by atoms with Crippen LogP contribution in [0.4, 0.5) is 0 Å². The van der Waals surface area contributed by atoms with Gasteiger partial charge in [0, 0.05) is 24.0 Å². The molecule has 0 amide bonds. The third-order valence-corrected chi connectivity index (χ3v) is 8.21. The van der Waals surface area contributed by atoms with E-state index in [9.17, 15) is 0 Å². The van der Waals surface area contributed by atoms with Crippen LogP contribution in [0, 0.1) is 0 Å². The van der Waals surface area contributed by atoms with Gasteiger partial charge in [-0.1, -0.05) is 36.5 Å². The standard InChI is InChI=1S/C11H22OSi2/c1-5-12-11(2)8-6-10(7-9-11)13-14(3)4/h6-8,14H,5,9,13H2,1-4H3. The molecule has 14 heavy (non-hydrogen) atoms. The molecule has 1 aliphatic rings. The van der Waals surface area contributed by atoms with Crippen LogP contribution in [-0.2, 0) is 4.74 Å². The van der Waals surface area contributed by atoms with Gasteiger partial charge in [0.1, 0.15) is 0 Å². The molecular weight excluding hydrogens is 204 g/mol. The molecule has 3 heteroatoms. The molecule has 0 N–H and O–H groups in total. The highest BCUT2D eigenvalue weighted by molar-refractivity contribution is 7.14. The zero-order valence-corrected chi connectivity index (χ0v) is 12.4. The number of ether oxygens (including phenoxy) is 1. The van der Waals surface area contributed by atoms with E-state index in [0.29, 0.717) is 0 Å². The van der Waals surface area contributed by atoms with Gasteiger partial charge in [0.15, 0.2) is 0 Å². The smallest absolute Gasteiger partial charge is 0.0871 e. The van der Waals surface area contributed by atoms with Crippen molar-refractivity contribution in [1.29, 1.82) is 0 Å². The summed E-state index contributed by atoms with van der Waals surface area (Å²) in [5.41, 5.74) is -0.0226. The van der Waals surface area contributed by atoms with E-state index in [1.165, 1.54) is 0 Å². The van der Waals surface area contributed by atoms with Crippen molar-refractivity contribution in [2.75, 3.05) is 6.61 Å². The predicted molar refractivity (Wildman–Crippen MR) is 69.3 cm³/mol. The molecule has 0 heterocycles. The summed E-state index contributed by atoms with van der Waals surface area (Å²) in [6.07, 6.45) is 8.06. The van der Waals surface area contributed by atoms with E-state index in [1.54, 1.807) is 5.20 Å². The van der Waals surface area contributed by atoms with E-state index < -0.39 is 0 Å². The zero-order chi connectivity index (χ0) is 10.6. The van der Waals surface area contributed by atoms with E-state index in [-0.39, 0.29) is 23.0 Å². The first-order chi connectivity index (χ1) is 6.56. The minimum absolute atomic E-state index is 0.0226. The normalized spacial score (nSPS) is 27.6. The van der Waals surface area contributed by atoms with Crippen LogP contribution in [0.3, 0.4) is 0 Å². The van der Waals surface area contributed by atoms with Crippen LogP contribution in [0.25, 0.3) is 0 Å². The SMILES string of the molecule is CCOC1(C)C=CC([SiH2][SiH](C)C)=CC1. The summed E-state index contributed by atoms with van der Waals surface area (Å²) in [6, 6.07) is 0. The van der Waals surface area contributed by atoms with Gasteiger partial charge < -0.3 is 4.74 Å². The molecule has 0 aromatic rings. The van der Waals surface area contributed by atoms with E-state index >= 15 is 0 Å². The maximum atomic E-state index is 5.72. The van der Waals surface area contributed by atoms with Crippen molar-refractivity contribution in [1.82, 2.24) is 0 Å². The summed E-state index contributed by atoms with van der Waals surface area (Å²) in [4.78, 5) is 0. The molecule has 0 aromatic heterocycles. The van der Waals surface area contributed by atoms with Gasteiger partial charge in [-0.25, -0.2) is 0 Å². The molecule has 0 saturated carbocycles. The van der Waals surface area contributed by atoms with Crippen molar-refractivity contribution in [3.8, 4) is 0 Å². The fourth-order valence-electron chi connectivity index (χ4n) is 1.81. The van der Waals surface area contributed by atoms with E-state index in [0.717, 1.165) is 13.0 Å². The van der Waals surface area contributed by atoms with Crippen LogP contribution in [0.15, 0.2) is 23.4 Å². The second kappa shape index (κ2) is 5.10. The molecule has 0 saturated heterocycles. The lowest BCUT2D eigenvalue weighted by Crippen LogP contribution is -2.28. The van der Waals surface area contributed by atoms with Crippen molar-refractivity contribution in [2.45, 2.75) is 39.0 Å². The number of hydrogen-bond acceptors (Lipinski definition) is 1. The Hall–Kier alpha value is -0.126. The van der Waals surface area contributed by atoms with Crippen LogP contribution in [-0.4, -0.2) is 29.6 Å². The van der Waals surface area contributed by atoms with Crippen LogP contribution >= 0.6 is 0 Å². The van der Waals surface area contributed by atoms with Crippen LogP contribution in [0.2, 0.25) is 13.1 Å². The Bertz CT molecular complexity index is 246. The van der Waals surface area contributed by atoms with E-state index in [4.69, 9.17) is 4.74 Å². The molecular formula is C11H22OSi2. The first-order valence-corrected chi connectivity index (χ1v) is 11.9. The van der Waals surface area contributed by atoms with Gasteiger partial charge in [0.25, 0.3) is 0 Å². The van der Waals surface area contributed by atoms with Gasteiger partial charge in [0.05, 0.1) is 5.60 Å². The minimum atomic E-state index is -0.324. The van der Waals surface area contributed by atoms with Gasteiger partial charge >= 0.3 is 0 Å². The summed E-state index contributed by atoms with van der Waals surface area (Å²) in [5.74, 6) is 0. The molecule has 1 atom stereocenters. The van der Waals surface area contributed by atoms with Gasteiger partial charge in [0.2, 0.25) is 0 Å². The second-order valence-electron chi connectivity index (χ2n) is 4.66. The largest absolute Gasteiger partial charge is 0.371 e. The maximum Gasteiger partial charge on any atom is 0.0871 e. The van der Waals surface area contributed by atoms with Crippen LogP contribution in [0.5, 0.6) is 0 Å². The molecule has 1 nitrogen and oxygen atoms in total. The Morgan fingerprint density at radius 3 is 2.71 bits per heavy atom. The molecule has 1 rings (SSSR count). The number of allylic oxidation sites excluding steroid dienone is 2. The van der Waals surface area contributed by atoms with Crippen LogP contribution in [0.1, 0.15) is 20.3 Å². The lowest BCUT2D eigenvalue weighted by Gasteiger charge is -2.28. The summed E-state index contributed by atoms with van der Waals surface area (Å²) >= 11 is 0. The fourth-order valence-corrected chi connectivity index (χ4v) is 7.06. The molecule has 80 valence electrons. The lowest BCUT2D eigenvalue weighted by atomic mass is 9.97. The van der Waals surface area contributed by atoms with Crippen molar-refractivity contribution >= 4 is 17.4 Å². The highest BCUT2D eigenvalue weighted by atomic mass is 29.2. The van der Waals surface area contributed by atoms with Crippen LogP contribution < -0.4 is 0 Å². The second-order valence-corrected chi connectivity index (χ2v) is 14.8. The van der Waals surface area contributed by atoms with Crippen molar-refractivity contribution < 1.29 is 4.74 Å². The van der Waals surface area contributed by atoms with Crippen molar-refractivity contribution in [3.63, 3.8) is 0 Å². The Morgan fingerprint density at radius 1 is 1.57 bits per heavy atom. The van der Waals surface area contributed by atoms with Gasteiger partial charge in [-0.3, -0.25) is 0 Å². The summed E-state index contributed by atoms with van der Waals surface area (Å²) in [5, 5.41) is 1.66. The first-order valence-electron chi connectivity index (χ1n) is 5.58. The molecule has 0 aromatic carbocycles.